The predicted molar refractivity (Wildman–Crippen MR) is 179 cm³/mol. The van der Waals surface area contributed by atoms with E-state index < -0.39 is 21.7 Å². The lowest BCUT2D eigenvalue weighted by Gasteiger charge is -2.36. The van der Waals surface area contributed by atoms with Gasteiger partial charge >= 0.3 is 0 Å². The Morgan fingerprint density at radius 1 is 0.622 bits per heavy atom. The molecule has 232 valence electrons. The van der Waals surface area contributed by atoms with Crippen molar-refractivity contribution in [1.82, 2.24) is 4.72 Å². The molecule has 0 unspecified atom stereocenters. The van der Waals surface area contributed by atoms with Gasteiger partial charge in [0.1, 0.15) is 24.2 Å². The minimum absolute atomic E-state index is 0.0246. The van der Waals surface area contributed by atoms with Crippen LogP contribution in [-0.2, 0) is 21.0 Å². The summed E-state index contributed by atoms with van der Waals surface area (Å²) in [5, 5.41) is 10.0. The fraction of sp³-hybridized carbons (Fsp3) is 0.211. The standard InChI is InChI=1S/C38H39NO5S/c1-37(2,29-19-23-35(24-20-29)43-28-34(40)27-39-45(3,41)42)30-21-25-36(26-22-30)44-38(31-13-7-4-8-14-31,32-15-9-5-10-16-32)33-17-11-6-12-18-33/h4-26,34,39-40H,27-28H2,1-3H3/t34-/m1/s1. The summed E-state index contributed by atoms with van der Waals surface area (Å²) in [6.07, 6.45) is 0.0932. The Bertz CT molecular complexity index is 1660. The third-order valence-electron chi connectivity index (χ3n) is 7.99. The largest absolute Gasteiger partial charge is 0.491 e. The molecule has 0 aliphatic rings. The van der Waals surface area contributed by atoms with Gasteiger partial charge in [0, 0.05) is 28.7 Å². The van der Waals surface area contributed by atoms with E-state index in [9.17, 15) is 13.5 Å². The number of benzene rings is 5. The molecule has 0 radical (unpaired) electrons. The number of aliphatic hydroxyl groups excluding tert-OH is 1. The van der Waals surface area contributed by atoms with Gasteiger partial charge in [-0.25, -0.2) is 13.1 Å². The topological polar surface area (TPSA) is 84.9 Å². The molecule has 0 aromatic heterocycles. The Morgan fingerprint density at radius 2 is 1.02 bits per heavy atom. The van der Waals surface area contributed by atoms with Crippen LogP contribution in [0.15, 0.2) is 140 Å². The smallest absolute Gasteiger partial charge is 0.208 e. The zero-order valence-corrected chi connectivity index (χ0v) is 26.6. The molecule has 7 heteroatoms. The molecule has 0 saturated heterocycles. The number of rotatable bonds is 13. The minimum Gasteiger partial charge on any atom is -0.491 e. The van der Waals surface area contributed by atoms with Crippen LogP contribution in [0.5, 0.6) is 11.5 Å². The van der Waals surface area contributed by atoms with Crippen LogP contribution in [-0.4, -0.2) is 39.0 Å². The highest BCUT2D eigenvalue weighted by Crippen LogP contribution is 2.42. The minimum atomic E-state index is -3.37. The van der Waals surface area contributed by atoms with Gasteiger partial charge in [-0.1, -0.05) is 129 Å². The monoisotopic (exact) mass is 621 g/mol. The Hall–Kier alpha value is -4.43. The fourth-order valence-electron chi connectivity index (χ4n) is 5.45. The average Bonchev–Trinajstić information content (AvgIpc) is 3.06. The van der Waals surface area contributed by atoms with Crippen molar-refractivity contribution in [1.29, 1.82) is 0 Å². The maximum absolute atomic E-state index is 11.2. The molecule has 2 N–H and O–H groups in total. The van der Waals surface area contributed by atoms with Crippen LogP contribution in [0, 0.1) is 0 Å². The highest BCUT2D eigenvalue weighted by molar-refractivity contribution is 7.88. The molecule has 1 atom stereocenters. The molecule has 5 aromatic carbocycles. The molecule has 0 fully saturated rings. The SMILES string of the molecule is CC(C)(c1ccc(OC[C@H](O)CNS(C)(=O)=O)cc1)c1ccc(OC(c2ccccc2)(c2ccccc2)c2ccccc2)cc1. The third-order valence-corrected chi connectivity index (χ3v) is 8.68. The second kappa shape index (κ2) is 13.7. The first-order valence-electron chi connectivity index (χ1n) is 14.9. The van der Waals surface area contributed by atoms with E-state index in [1.165, 1.54) is 0 Å². The first kappa shape index (κ1) is 32.0. The number of sulfonamides is 1. The average molecular weight is 622 g/mol. The molecular formula is C38H39NO5S. The molecule has 0 spiro atoms. The summed E-state index contributed by atoms with van der Waals surface area (Å²) in [6.45, 7) is 4.21. The van der Waals surface area contributed by atoms with Gasteiger partial charge in [0.05, 0.1) is 6.26 Å². The molecule has 0 aliphatic carbocycles. The molecule has 5 rings (SSSR count). The maximum atomic E-state index is 11.2. The van der Waals surface area contributed by atoms with Gasteiger partial charge in [0.25, 0.3) is 0 Å². The number of aliphatic hydroxyl groups is 1. The van der Waals surface area contributed by atoms with E-state index in [2.05, 4.69) is 67.1 Å². The summed E-state index contributed by atoms with van der Waals surface area (Å²) in [5.41, 5.74) is 4.15. The van der Waals surface area contributed by atoms with Gasteiger partial charge < -0.3 is 14.6 Å². The molecule has 0 bridgehead atoms. The van der Waals surface area contributed by atoms with Crippen molar-refractivity contribution >= 4 is 10.0 Å². The van der Waals surface area contributed by atoms with Gasteiger partial charge in [-0.3, -0.25) is 0 Å². The number of nitrogens with one attached hydrogen (secondary N) is 1. The Balaban J connectivity index is 1.38. The van der Waals surface area contributed by atoms with Crippen molar-refractivity contribution in [2.45, 2.75) is 31.0 Å². The van der Waals surface area contributed by atoms with E-state index in [1.54, 1.807) is 0 Å². The summed E-state index contributed by atoms with van der Waals surface area (Å²) in [6, 6.07) is 47.0. The Kier molecular flexibility index (Phi) is 9.73. The van der Waals surface area contributed by atoms with Crippen LogP contribution in [0.1, 0.15) is 41.7 Å². The summed E-state index contributed by atoms with van der Waals surface area (Å²) in [5.74, 6) is 1.34. The molecule has 0 saturated carbocycles. The van der Waals surface area contributed by atoms with Crippen LogP contribution in [0.2, 0.25) is 0 Å². The fourth-order valence-corrected chi connectivity index (χ4v) is 5.94. The van der Waals surface area contributed by atoms with Crippen molar-refractivity contribution in [3.05, 3.63) is 167 Å². The second-order valence-electron chi connectivity index (χ2n) is 11.6. The van der Waals surface area contributed by atoms with Crippen molar-refractivity contribution in [2.75, 3.05) is 19.4 Å². The van der Waals surface area contributed by atoms with Crippen molar-refractivity contribution in [3.63, 3.8) is 0 Å². The lowest BCUT2D eigenvalue weighted by Crippen LogP contribution is -2.36. The van der Waals surface area contributed by atoms with Crippen molar-refractivity contribution < 1.29 is 23.0 Å². The van der Waals surface area contributed by atoms with E-state index in [4.69, 9.17) is 9.47 Å². The van der Waals surface area contributed by atoms with Crippen LogP contribution in [0.25, 0.3) is 0 Å². The lowest BCUT2D eigenvalue weighted by atomic mass is 9.78. The molecule has 5 aromatic rings. The lowest BCUT2D eigenvalue weighted by molar-refractivity contribution is 0.111. The van der Waals surface area contributed by atoms with Crippen molar-refractivity contribution in [2.24, 2.45) is 0 Å². The van der Waals surface area contributed by atoms with Crippen LogP contribution < -0.4 is 14.2 Å². The van der Waals surface area contributed by atoms with Crippen molar-refractivity contribution in [3.8, 4) is 11.5 Å². The van der Waals surface area contributed by atoms with Crippen LogP contribution in [0.4, 0.5) is 0 Å². The first-order valence-corrected chi connectivity index (χ1v) is 16.8. The van der Waals surface area contributed by atoms with E-state index in [-0.39, 0.29) is 18.6 Å². The number of ether oxygens (including phenoxy) is 2. The summed E-state index contributed by atoms with van der Waals surface area (Å²) in [7, 11) is -3.37. The summed E-state index contributed by atoms with van der Waals surface area (Å²) in [4.78, 5) is 0. The zero-order chi connectivity index (χ0) is 31.9. The molecule has 0 aliphatic heterocycles. The van der Waals surface area contributed by atoms with Crippen LogP contribution in [0.3, 0.4) is 0 Å². The number of hydrogen-bond acceptors (Lipinski definition) is 5. The molecular weight excluding hydrogens is 582 g/mol. The highest BCUT2D eigenvalue weighted by atomic mass is 32.2. The number of hydrogen-bond donors (Lipinski definition) is 2. The zero-order valence-electron chi connectivity index (χ0n) is 25.8. The Morgan fingerprint density at radius 3 is 1.42 bits per heavy atom. The molecule has 0 heterocycles. The summed E-state index contributed by atoms with van der Waals surface area (Å²) < 4.78 is 37.5. The first-order chi connectivity index (χ1) is 21.6. The quantitative estimate of drug-likeness (QED) is 0.144. The third kappa shape index (κ3) is 7.63. The van der Waals surface area contributed by atoms with Gasteiger partial charge in [-0.2, -0.15) is 0 Å². The maximum Gasteiger partial charge on any atom is 0.208 e. The Labute approximate surface area is 266 Å². The molecule has 6 nitrogen and oxygen atoms in total. The second-order valence-corrected chi connectivity index (χ2v) is 13.5. The van der Waals surface area contributed by atoms with E-state index >= 15 is 0 Å². The van der Waals surface area contributed by atoms with Gasteiger partial charge in [-0.05, 0) is 35.4 Å². The molecule has 0 amide bonds. The molecule has 45 heavy (non-hydrogen) atoms. The van der Waals surface area contributed by atoms with Gasteiger partial charge in [0.2, 0.25) is 10.0 Å². The van der Waals surface area contributed by atoms with Crippen LogP contribution >= 0.6 is 0 Å². The van der Waals surface area contributed by atoms with E-state index in [0.29, 0.717) is 5.75 Å². The summed E-state index contributed by atoms with van der Waals surface area (Å²) >= 11 is 0. The normalized spacial score (nSPS) is 12.8. The predicted octanol–water partition coefficient (Wildman–Crippen LogP) is 6.67. The van der Waals surface area contributed by atoms with Gasteiger partial charge in [-0.15, -0.1) is 0 Å². The van der Waals surface area contributed by atoms with E-state index in [0.717, 1.165) is 39.8 Å². The van der Waals surface area contributed by atoms with Gasteiger partial charge in [0.15, 0.2) is 5.60 Å². The van der Waals surface area contributed by atoms with E-state index in [1.807, 2.05) is 91.0 Å². The highest BCUT2D eigenvalue weighted by Gasteiger charge is 2.39.